The topological polar surface area (TPSA) is 55.6 Å². The van der Waals surface area contributed by atoms with E-state index >= 15 is 0 Å². The van der Waals surface area contributed by atoms with E-state index < -0.39 is 0 Å². The van der Waals surface area contributed by atoms with Crippen molar-refractivity contribution in [1.82, 2.24) is 4.90 Å². The number of ether oxygens (including phenoxy) is 1. The smallest absolute Gasteiger partial charge is 0.266 e. The van der Waals surface area contributed by atoms with Crippen molar-refractivity contribution in [3.63, 3.8) is 0 Å². The van der Waals surface area contributed by atoms with Crippen LogP contribution >= 0.6 is 11.3 Å². The highest BCUT2D eigenvalue weighted by molar-refractivity contribution is 7.12. The Morgan fingerprint density at radius 3 is 2.82 bits per heavy atom. The molecule has 5 heteroatoms. The Morgan fingerprint density at radius 1 is 1.65 bits per heavy atom. The Morgan fingerprint density at radius 2 is 2.35 bits per heavy atom. The van der Waals surface area contributed by atoms with Crippen molar-refractivity contribution in [2.24, 2.45) is 0 Å². The summed E-state index contributed by atoms with van der Waals surface area (Å²) in [7, 11) is 1.64. The maximum atomic E-state index is 12.3. The first-order valence-corrected chi connectivity index (χ1v) is 6.62. The second kappa shape index (κ2) is 6.61. The fraction of sp³-hybridized carbons (Fsp3) is 0.583. The lowest BCUT2D eigenvalue weighted by atomic mass is 10.2. The van der Waals surface area contributed by atoms with Crippen LogP contribution in [0.1, 0.15) is 29.9 Å². The van der Waals surface area contributed by atoms with Gasteiger partial charge in [-0.25, -0.2) is 0 Å². The van der Waals surface area contributed by atoms with E-state index in [0.717, 1.165) is 6.42 Å². The van der Waals surface area contributed by atoms with Gasteiger partial charge in [-0.2, -0.15) is 0 Å². The molecule has 0 fully saturated rings. The van der Waals surface area contributed by atoms with Crippen molar-refractivity contribution >= 4 is 22.9 Å². The predicted molar refractivity (Wildman–Crippen MR) is 71.4 cm³/mol. The Labute approximate surface area is 106 Å². The second-order valence-electron chi connectivity index (χ2n) is 3.95. The number of carbonyl (C=O) groups excluding carboxylic acids is 1. The molecule has 1 rings (SSSR count). The number of thiophene rings is 1. The van der Waals surface area contributed by atoms with E-state index in [1.165, 1.54) is 11.3 Å². The quantitative estimate of drug-likeness (QED) is 0.849. The molecule has 0 aromatic carbocycles. The molecule has 1 heterocycles. The normalized spacial score (nSPS) is 12.4. The highest BCUT2D eigenvalue weighted by atomic mass is 32.1. The van der Waals surface area contributed by atoms with Gasteiger partial charge in [0.15, 0.2) is 0 Å². The molecule has 0 bridgehead atoms. The Balaban J connectivity index is 2.82. The first-order valence-electron chi connectivity index (χ1n) is 5.74. The van der Waals surface area contributed by atoms with Gasteiger partial charge in [0.2, 0.25) is 0 Å². The maximum Gasteiger partial charge on any atom is 0.266 e. The minimum atomic E-state index is 0.00361. The molecule has 0 saturated heterocycles. The Hall–Kier alpha value is -1.07. The number of methoxy groups -OCH3 is 1. The van der Waals surface area contributed by atoms with Crippen LogP contribution in [0.5, 0.6) is 0 Å². The third-order valence-electron chi connectivity index (χ3n) is 2.81. The molecule has 2 N–H and O–H groups in total. The maximum absolute atomic E-state index is 12.3. The van der Waals surface area contributed by atoms with Gasteiger partial charge in [0, 0.05) is 19.7 Å². The second-order valence-corrected chi connectivity index (χ2v) is 4.87. The van der Waals surface area contributed by atoms with Gasteiger partial charge in [-0.3, -0.25) is 4.79 Å². The summed E-state index contributed by atoms with van der Waals surface area (Å²) in [5.41, 5.74) is 6.34. The third-order valence-corrected chi connectivity index (χ3v) is 3.73. The fourth-order valence-electron chi connectivity index (χ4n) is 1.56. The van der Waals surface area contributed by atoms with Crippen molar-refractivity contribution in [2.75, 3.05) is 26.0 Å². The van der Waals surface area contributed by atoms with Crippen LogP contribution in [0.2, 0.25) is 0 Å². The van der Waals surface area contributed by atoms with Crippen LogP contribution in [0, 0.1) is 0 Å². The van der Waals surface area contributed by atoms with Gasteiger partial charge < -0.3 is 15.4 Å². The molecule has 96 valence electrons. The van der Waals surface area contributed by atoms with Crippen LogP contribution < -0.4 is 5.73 Å². The molecule has 4 nitrogen and oxygen atoms in total. The van der Waals surface area contributed by atoms with Gasteiger partial charge in [-0.05, 0) is 24.8 Å². The van der Waals surface area contributed by atoms with Crippen LogP contribution in [0.15, 0.2) is 11.4 Å². The van der Waals surface area contributed by atoms with Crippen molar-refractivity contribution < 1.29 is 9.53 Å². The summed E-state index contributed by atoms with van der Waals surface area (Å²) in [4.78, 5) is 14.8. The van der Waals surface area contributed by atoms with Gasteiger partial charge >= 0.3 is 0 Å². The summed E-state index contributed by atoms with van der Waals surface area (Å²) in [5.74, 6) is 0.00361. The number of hydrogen-bond acceptors (Lipinski definition) is 4. The van der Waals surface area contributed by atoms with Crippen LogP contribution in [0.4, 0.5) is 5.69 Å². The monoisotopic (exact) mass is 256 g/mol. The average Bonchev–Trinajstić information content (AvgIpc) is 2.75. The fourth-order valence-corrected chi connectivity index (χ4v) is 2.33. The number of nitrogens with two attached hydrogens (primary N) is 1. The lowest BCUT2D eigenvalue weighted by Crippen LogP contribution is -2.40. The van der Waals surface area contributed by atoms with E-state index in [0.29, 0.717) is 23.7 Å². The molecule has 1 aromatic heterocycles. The minimum absolute atomic E-state index is 0.00361. The third kappa shape index (κ3) is 3.44. The van der Waals surface area contributed by atoms with Crippen LogP contribution in [0.25, 0.3) is 0 Å². The molecule has 17 heavy (non-hydrogen) atoms. The Bertz CT molecular complexity index is 365. The molecule has 1 amide bonds. The minimum Gasteiger partial charge on any atom is -0.397 e. The first-order chi connectivity index (χ1) is 8.11. The number of nitrogens with zero attached hydrogens (tertiary/aromatic N) is 1. The molecule has 0 spiro atoms. The number of rotatable bonds is 6. The number of anilines is 1. The van der Waals surface area contributed by atoms with E-state index in [-0.39, 0.29) is 11.9 Å². The van der Waals surface area contributed by atoms with E-state index in [9.17, 15) is 4.79 Å². The van der Waals surface area contributed by atoms with Crippen molar-refractivity contribution in [1.29, 1.82) is 0 Å². The summed E-state index contributed by atoms with van der Waals surface area (Å²) in [6.45, 7) is 5.25. The zero-order valence-electron chi connectivity index (χ0n) is 10.6. The van der Waals surface area contributed by atoms with Crippen LogP contribution in [0.3, 0.4) is 0 Å². The number of hydrogen-bond donors (Lipinski definition) is 1. The van der Waals surface area contributed by atoms with Gasteiger partial charge in [0.1, 0.15) is 4.88 Å². The molecule has 0 radical (unpaired) electrons. The van der Waals surface area contributed by atoms with Crippen LogP contribution in [-0.2, 0) is 4.74 Å². The van der Waals surface area contributed by atoms with E-state index in [1.807, 2.05) is 17.2 Å². The summed E-state index contributed by atoms with van der Waals surface area (Å²) >= 11 is 1.39. The molecule has 1 aromatic rings. The van der Waals surface area contributed by atoms with Crippen molar-refractivity contribution in [3.8, 4) is 0 Å². The molecule has 0 saturated carbocycles. The molecule has 0 aliphatic rings. The molecule has 1 unspecified atom stereocenters. The Kier molecular flexibility index (Phi) is 5.44. The zero-order valence-corrected chi connectivity index (χ0v) is 11.4. The summed E-state index contributed by atoms with van der Waals surface area (Å²) in [5, 5.41) is 1.84. The first kappa shape index (κ1) is 14.0. The van der Waals surface area contributed by atoms with Crippen molar-refractivity contribution in [2.45, 2.75) is 26.3 Å². The lowest BCUT2D eigenvalue weighted by Gasteiger charge is -2.28. The molecule has 1 atom stereocenters. The molecule has 0 aliphatic carbocycles. The summed E-state index contributed by atoms with van der Waals surface area (Å²) in [6, 6.07) is 1.96. The van der Waals surface area contributed by atoms with Gasteiger partial charge in [-0.15, -0.1) is 11.3 Å². The summed E-state index contributed by atoms with van der Waals surface area (Å²) in [6.07, 6.45) is 0.917. The number of carbonyl (C=O) groups is 1. The average molecular weight is 256 g/mol. The predicted octanol–water partition coefficient (Wildman–Crippen LogP) is 2.22. The highest BCUT2D eigenvalue weighted by Gasteiger charge is 2.22. The van der Waals surface area contributed by atoms with Crippen molar-refractivity contribution in [3.05, 3.63) is 16.3 Å². The molecular weight excluding hydrogens is 236 g/mol. The van der Waals surface area contributed by atoms with E-state index in [1.54, 1.807) is 13.2 Å². The summed E-state index contributed by atoms with van der Waals surface area (Å²) < 4.78 is 5.04. The lowest BCUT2D eigenvalue weighted by molar-refractivity contribution is 0.0619. The molecule has 0 aliphatic heterocycles. The highest BCUT2D eigenvalue weighted by Crippen LogP contribution is 2.22. The van der Waals surface area contributed by atoms with Gasteiger partial charge in [0.05, 0.1) is 12.3 Å². The van der Waals surface area contributed by atoms with E-state index in [4.69, 9.17) is 10.5 Å². The van der Waals surface area contributed by atoms with Gasteiger partial charge in [-0.1, -0.05) is 6.92 Å². The largest absolute Gasteiger partial charge is 0.397 e. The SMILES string of the molecule is CCC(C)N(CCOC)C(=O)c1sccc1N. The van der Waals surface area contributed by atoms with Crippen LogP contribution in [-0.4, -0.2) is 37.1 Å². The zero-order chi connectivity index (χ0) is 12.8. The van der Waals surface area contributed by atoms with E-state index in [2.05, 4.69) is 6.92 Å². The van der Waals surface area contributed by atoms with Gasteiger partial charge in [0.25, 0.3) is 5.91 Å². The number of amides is 1. The number of nitrogen functional groups attached to an aromatic ring is 1. The molecular formula is C12H20N2O2S. The standard InChI is InChI=1S/C12H20N2O2S/c1-4-9(2)14(6-7-16-3)12(15)11-10(13)5-8-17-11/h5,8-9H,4,6-7,13H2,1-3H3.